The number of nitrogens with zero attached hydrogens (tertiary/aromatic N) is 2. The first-order valence-electron chi connectivity index (χ1n) is 9.46. The molecule has 0 saturated heterocycles. The summed E-state index contributed by atoms with van der Waals surface area (Å²) in [5.74, 6) is 0.244. The summed E-state index contributed by atoms with van der Waals surface area (Å²) in [7, 11) is 0. The van der Waals surface area contributed by atoms with Crippen molar-refractivity contribution < 1.29 is 23.8 Å². The summed E-state index contributed by atoms with van der Waals surface area (Å²) in [5.41, 5.74) is 3.43. The Hall–Kier alpha value is -3.79. The summed E-state index contributed by atoms with van der Waals surface area (Å²) in [6, 6.07) is 13.1. The molecule has 0 fully saturated rings. The molecule has 0 spiro atoms. The second-order valence-corrected chi connectivity index (χ2v) is 6.85. The fourth-order valence-electron chi connectivity index (χ4n) is 3.11. The van der Waals surface area contributed by atoms with Gasteiger partial charge in [0.25, 0.3) is 5.91 Å². The quantitative estimate of drug-likeness (QED) is 0.516. The van der Waals surface area contributed by atoms with E-state index < -0.39 is 12.6 Å². The highest BCUT2D eigenvalue weighted by atomic mass is 16.7. The van der Waals surface area contributed by atoms with Crippen molar-refractivity contribution in [2.45, 2.75) is 20.3 Å². The van der Waals surface area contributed by atoms with E-state index in [4.69, 9.17) is 19.5 Å². The lowest BCUT2D eigenvalue weighted by atomic mass is 10.1. The maximum absolute atomic E-state index is 12.7. The summed E-state index contributed by atoms with van der Waals surface area (Å²) in [6.45, 7) is 3.86. The molecule has 1 aliphatic rings. The van der Waals surface area contributed by atoms with Gasteiger partial charge in [0, 0.05) is 18.3 Å². The van der Waals surface area contributed by atoms with E-state index in [-0.39, 0.29) is 25.7 Å². The van der Waals surface area contributed by atoms with Crippen LogP contribution in [0.3, 0.4) is 0 Å². The molecule has 0 N–H and O–H groups in total. The molecule has 3 rings (SSSR count). The Morgan fingerprint density at radius 2 is 1.87 bits per heavy atom. The minimum atomic E-state index is -0.637. The summed E-state index contributed by atoms with van der Waals surface area (Å²) in [6.07, 6.45) is 3.00. The van der Waals surface area contributed by atoms with Crippen LogP contribution in [0.15, 0.2) is 42.5 Å². The largest absolute Gasteiger partial charge is 0.454 e. The predicted molar refractivity (Wildman–Crippen MR) is 111 cm³/mol. The van der Waals surface area contributed by atoms with E-state index in [1.807, 2.05) is 38.1 Å². The smallest absolute Gasteiger partial charge is 0.331 e. The second kappa shape index (κ2) is 9.61. The minimum absolute atomic E-state index is 0.176. The van der Waals surface area contributed by atoms with Crippen molar-refractivity contribution in [1.29, 1.82) is 5.26 Å². The molecule has 2 aromatic carbocycles. The average Bonchev–Trinajstić information content (AvgIpc) is 3.18. The maximum Gasteiger partial charge on any atom is 0.331 e. The summed E-state index contributed by atoms with van der Waals surface area (Å²) in [4.78, 5) is 26.2. The summed E-state index contributed by atoms with van der Waals surface area (Å²) < 4.78 is 15.6. The van der Waals surface area contributed by atoms with Crippen molar-refractivity contribution in [1.82, 2.24) is 0 Å². The molecule has 30 heavy (non-hydrogen) atoms. The van der Waals surface area contributed by atoms with E-state index in [0.29, 0.717) is 17.2 Å². The Bertz CT molecular complexity index is 1000. The average molecular weight is 406 g/mol. The zero-order chi connectivity index (χ0) is 21.5. The van der Waals surface area contributed by atoms with Gasteiger partial charge in [-0.05, 0) is 60.9 Å². The number of hydrogen-bond donors (Lipinski definition) is 0. The van der Waals surface area contributed by atoms with Gasteiger partial charge in [0.1, 0.15) is 0 Å². The van der Waals surface area contributed by atoms with Crippen LogP contribution in [0.25, 0.3) is 6.08 Å². The third kappa shape index (κ3) is 5.39. The topological polar surface area (TPSA) is 88.9 Å². The van der Waals surface area contributed by atoms with Gasteiger partial charge >= 0.3 is 5.97 Å². The molecular weight excluding hydrogens is 384 g/mol. The first-order chi connectivity index (χ1) is 14.5. The molecule has 0 bridgehead atoms. The first-order valence-corrected chi connectivity index (χ1v) is 9.46. The van der Waals surface area contributed by atoms with Gasteiger partial charge < -0.3 is 19.1 Å². The molecule has 1 aliphatic heterocycles. The first kappa shape index (κ1) is 20.9. The maximum atomic E-state index is 12.7. The number of ether oxygens (including phenoxy) is 3. The van der Waals surface area contributed by atoms with Crippen LogP contribution < -0.4 is 14.4 Å². The van der Waals surface area contributed by atoms with Gasteiger partial charge in [-0.2, -0.15) is 5.26 Å². The fourth-order valence-corrected chi connectivity index (χ4v) is 3.11. The third-order valence-corrected chi connectivity index (χ3v) is 4.41. The Labute approximate surface area is 175 Å². The van der Waals surface area contributed by atoms with Gasteiger partial charge in [0.05, 0.1) is 12.5 Å². The highest BCUT2D eigenvalue weighted by molar-refractivity contribution is 5.96. The van der Waals surface area contributed by atoms with Gasteiger partial charge in [-0.15, -0.1) is 0 Å². The molecule has 0 saturated carbocycles. The number of benzene rings is 2. The van der Waals surface area contributed by atoms with Crippen molar-refractivity contribution in [3.63, 3.8) is 0 Å². The monoisotopic (exact) mass is 406 g/mol. The van der Waals surface area contributed by atoms with Crippen molar-refractivity contribution in [3.8, 4) is 17.6 Å². The number of carbonyl (C=O) groups is 2. The number of esters is 1. The van der Waals surface area contributed by atoms with E-state index in [1.54, 1.807) is 24.3 Å². The number of fused-ring (bicyclic) bond motifs is 1. The molecule has 7 heteroatoms. The Morgan fingerprint density at radius 3 is 2.60 bits per heavy atom. The van der Waals surface area contributed by atoms with Gasteiger partial charge in [-0.3, -0.25) is 4.79 Å². The van der Waals surface area contributed by atoms with Gasteiger partial charge in [-0.25, -0.2) is 4.79 Å². The standard InChI is InChI=1S/C23H22N2O5/c1-16-10-17(2)12-19(11-16)25(9-3-8-24)22(26)14-28-23(27)7-5-18-4-6-20-21(13-18)30-15-29-20/h4-7,10-13H,3,9,14-15H2,1-2H3/b7-5+. The Kier molecular flexibility index (Phi) is 6.71. The number of anilines is 1. The third-order valence-electron chi connectivity index (χ3n) is 4.41. The van der Waals surface area contributed by atoms with E-state index in [9.17, 15) is 9.59 Å². The highest BCUT2D eigenvalue weighted by Gasteiger charge is 2.18. The van der Waals surface area contributed by atoms with Crippen molar-refractivity contribution in [2.75, 3.05) is 24.8 Å². The molecule has 154 valence electrons. The molecule has 0 atom stereocenters. The number of amides is 1. The molecule has 7 nitrogen and oxygen atoms in total. The Balaban J connectivity index is 1.61. The lowest BCUT2D eigenvalue weighted by molar-refractivity contribution is -0.142. The molecule has 1 heterocycles. The lowest BCUT2D eigenvalue weighted by Crippen LogP contribution is -2.35. The van der Waals surface area contributed by atoms with Crippen LogP contribution >= 0.6 is 0 Å². The summed E-state index contributed by atoms with van der Waals surface area (Å²) in [5, 5.41) is 8.91. The predicted octanol–water partition coefficient (Wildman–Crippen LogP) is 3.54. The molecule has 0 radical (unpaired) electrons. The van der Waals surface area contributed by atoms with E-state index in [0.717, 1.165) is 16.7 Å². The number of hydrogen-bond acceptors (Lipinski definition) is 6. The normalized spacial score (nSPS) is 11.9. The number of nitriles is 1. The minimum Gasteiger partial charge on any atom is -0.454 e. The SMILES string of the molecule is Cc1cc(C)cc(N(CCC#N)C(=O)COC(=O)/C=C/c2ccc3c(c2)OCO3)c1. The number of aryl methyl sites for hydroxylation is 2. The van der Waals surface area contributed by atoms with E-state index >= 15 is 0 Å². The van der Waals surface area contributed by atoms with Crippen LogP contribution in [0.2, 0.25) is 0 Å². The van der Waals surface area contributed by atoms with Crippen LogP contribution in [0.4, 0.5) is 5.69 Å². The van der Waals surface area contributed by atoms with Gasteiger partial charge in [-0.1, -0.05) is 12.1 Å². The van der Waals surface area contributed by atoms with Crippen molar-refractivity contribution in [3.05, 3.63) is 59.2 Å². The molecule has 0 aliphatic carbocycles. The lowest BCUT2D eigenvalue weighted by Gasteiger charge is -2.22. The highest BCUT2D eigenvalue weighted by Crippen LogP contribution is 2.32. The van der Waals surface area contributed by atoms with Crippen LogP contribution in [-0.2, 0) is 14.3 Å². The van der Waals surface area contributed by atoms with Crippen LogP contribution in [0, 0.1) is 25.2 Å². The Morgan fingerprint density at radius 1 is 1.13 bits per heavy atom. The fraction of sp³-hybridized carbons (Fsp3) is 0.261. The van der Waals surface area contributed by atoms with E-state index in [2.05, 4.69) is 0 Å². The van der Waals surface area contributed by atoms with Crippen molar-refractivity contribution >= 4 is 23.6 Å². The molecular formula is C23H22N2O5. The van der Waals surface area contributed by atoms with Gasteiger partial charge in [0.15, 0.2) is 18.1 Å². The van der Waals surface area contributed by atoms with E-state index in [1.165, 1.54) is 11.0 Å². The van der Waals surface area contributed by atoms with Crippen LogP contribution in [-0.4, -0.2) is 31.8 Å². The zero-order valence-corrected chi connectivity index (χ0v) is 16.9. The van der Waals surface area contributed by atoms with Gasteiger partial charge in [0.2, 0.25) is 6.79 Å². The molecule has 1 amide bonds. The van der Waals surface area contributed by atoms with Crippen LogP contribution in [0.5, 0.6) is 11.5 Å². The second-order valence-electron chi connectivity index (χ2n) is 6.85. The molecule has 2 aromatic rings. The molecule has 0 unspecified atom stereocenters. The summed E-state index contributed by atoms with van der Waals surface area (Å²) >= 11 is 0. The van der Waals surface area contributed by atoms with Crippen molar-refractivity contribution in [2.24, 2.45) is 0 Å². The number of rotatable bonds is 7. The van der Waals surface area contributed by atoms with Crippen LogP contribution in [0.1, 0.15) is 23.1 Å². The zero-order valence-electron chi connectivity index (χ0n) is 16.9. The molecule has 0 aromatic heterocycles. The number of carbonyl (C=O) groups excluding carboxylic acids is 2.